The molecule has 1 aliphatic rings. The molecular weight excluding hydrogens is 256 g/mol. The lowest BCUT2D eigenvalue weighted by atomic mass is 9.91. The smallest absolute Gasteiger partial charge is 0.417 e. The second-order valence-electron chi connectivity index (χ2n) is 4.94. The Kier molecular flexibility index (Phi) is 3.04. The first-order valence-electron chi connectivity index (χ1n) is 5.72. The summed E-state index contributed by atoms with van der Waals surface area (Å²) in [7, 11) is 0. The van der Waals surface area contributed by atoms with E-state index in [1.165, 1.54) is 13.0 Å². The van der Waals surface area contributed by atoms with Crippen molar-refractivity contribution >= 4 is 12.0 Å². The van der Waals surface area contributed by atoms with Crippen molar-refractivity contribution in [2.24, 2.45) is 0 Å². The minimum absolute atomic E-state index is 0.310. The second kappa shape index (κ2) is 4.29. The van der Waals surface area contributed by atoms with Crippen LogP contribution in [0.1, 0.15) is 32.4 Å². The van der Waals surface area contributed by atoms with E-state index in [1.807, 2.05) is 0 Å². The van der Waals surface area contributed by atoms with Crippen molar-refractivity contribution in [1.29, 1.82) is 0 Å². The van der Waals surface area contributed by atoms with Crippen LogP contribution in [0.5, 0.6) is 0 Å². The summed E-state index contributed by atoms with van der Waals surface area (Å²) in [5, 5.41) is 0. The van der Waals surface area contributed by atoms with E-state index in [-0.39, 0.29) is 0 Å². The lowest BCUT2D eigenvalue weighted by molar-refractivity contribution is -0.127. The molecule has 0 spiro atoms. The normalized spacial score (nSPS) is 21.4. The highest BCUT2D eigenvalue weighted by atomic mass is 19.2. The molecule has 0 radical (unpaired) electrons. The second-order valence-corrected chi connectivity index (χ2v) is 4.94. The molecule has 0 bridgehead atoms. The van der Waals surface area contributed by atoms with Crippen LogP contribution >= 0.6 is 0 Å². The number of cyclic esters (lactones) is 1. The number of benzene rings is 1. The number of nitrogens with zero attached hydrogens (tertiary/aromatic N) is 1. The maximum atomic E-state index is 13.3. The van der Waals surface area contributed by atoms with Crippen LogP contribution in [-0.4, -0.2) is 22.5 Å². The SMILES string of the molecule is CC(=O)N1C(=O)OC(C)(C)C1c1ccc(F)c(F)c1. The van der Waals surface area contributed by atoms with Crippen LogP contribution in [0.4, 0.5) is 13.6 Å². The summed E-state index contributed by atoms with van der Waals surface area (Å²) in [6, 6.07) is 2.48. The van der Waals surface area contributed by atoms with Gasteiger partial charge >= 0.3 is 6.09 Å². The summed E-state index contributed by atoms with van der Waals surface area (Å²) in [6.07, 6.45) is -0.785. The Morgan fingerprint density at radius 3 is 2.47 bits per heavy atom. The van der Waals surface area contributed by atoms with Gasteiger partial charge in [0.1, 0.15) is 11.6 Å². The van der Waals surface area contributed by atoms with Crippen LogP contribution in [0.25, 0.3) is 0 Å². The third-order valence-corrected chi connectivity index (χ3v) is 3.06. The van der Waals surface area contributed by atoms with E-state index in [0.29, 0.717) is 5.56 Å². The van der Waals surface area contributed by atoms with Crippen LogP contribution in [-0.2, 0) is 9.53 Å². The number of rotatable bonds is 1. The fraction of sp³-hybridized carbons (Fsp3) is 0.385. The van der Waals surface area contributed by atoms with Gasteiger partial charge in [0.15, 0.2) is 11.6 Å². The highest BCUT2D eigenvalue weighted by molar-refractivity contribution is 5.93. The van der Waals surface area contributed by atoms with E-state index in [2.05, 4.69) is 0 Å². The third kappa shape index (κ3) is 2.18. The summed E-state index contributed by atoms with van der Waals surface area (Å²) in [4.78, 5) is 24.1. The van der Waals surface area contributed by atoms with Crippen LogP contribution in [0.15, 0.2) is 18.2 Å². The van der Waals surface area contributed by atoms with Gasteiger partial charge in [-0.3, -0.25) is 4.79 Å². The van der Waals surface area contributed by atoms with Crippen molar-refractivity contribution < 1.29 is 23.1 Å². The predicted octanol–water partition coefficient (Wildman–Crippen LogP) is 2.78. The number of amides is 2. The van der Waals surface area contributed by atoms with E-state index >= 15 is 0 Å². The molecule has 19 heavy (non-hydrogen) atoms. The molecular formula is C13H13F2NO3. The zero-order chi connectivity index (χ0) is 14.4. The molecule has 1 heterocycles. The molecule has 1 saturated heterocycles. The molecule has 1 unspecified atom stereocenters. The van der Waals surface area contributed by atoms with Gasteiger partial charge in [0, 0.05) is 6.92 Å². The van der Waals surface area contributed by atoms with Crippen molar-refractivity contribution in [3.63, 3.8) is 0 Å². The van der Waals surface area contributed by atoms with Crippen molar-refractivity contribution in [2.45, 2.75) is 32.4 Å². The molecule has 0 aliphatic carbocycles. The molecule has 0 aromatic heterocycles. The van der Waals surface area contributed by atoms with E-state index in [9.17, 15) is 18.4 Å². The van der Waals surface area contributed by atoms with Crippen molar-refractivity contribution in [1.82, 2.24) is 4.90 Å². The zero-order valence-electron chi connectivity index (χ0n) is 10.7. The number of carbonyl (C=O) groups excluding carboxylic acids is 2. The lowest BCUT2D eigenvalue weighted by Gasteiger charge is -2.27. The van der Waals surface area contributed by atoms with Gasteiger partial charge in [-0.05, 0) is 31.5 Å². The average Bonchev–Trinajstić information content (AvgIpc) is 2.52. The molecule has 0 N–H and O–H groups in total. The fourth-order valence-corrected chi connectivity index (χ4v) is 2.29. The number of halogens is 2. The minimum Gasteiger partial charge on any atom is -0.440 e. The lowest BCUT2D eigenvalue weighted by Crippen LogP contribution is -2.36. The van der Waals surface area contributed by atoms with Crippen LogP contribution in [0, 0.1) is 11.6 Å². The Labute approximate surface area is 109 Å². The predicted molar refractivity (Wildman–Crippen MR) is 62.2 cm³/mol. The van der Waals surface area contributed by atoms with E-state index in [4.69, 9.17) is 4.74 Å². The summed E-state index contributed by atoms with van der Waals surface area (Å²) >= 11 is 0. The molecule has 6 heteroatoms. The van der Waals surface area contributed by atoms with Gasteiger partial charge in [-0.15, -0.1) is 0 Å². The molecule has 2 amide bonds. The summed E-state index contributed by atoms with van der Waals surface area (Å²) in [5.74, 6) is -2.53. The highest BCUT2D eigenvalue weighted by Crippen LogP contribution is 2.41. The summed E-state index contributed by atoms with van der Waals surface area (Å²) < 4.78 is 31.4. The van der Waals surface area contributed by atoms with Gasteiger partial charge in [0.05, 0.1) is 0 Å². The van der Waals surface area contributed by atoms with E-state index in [0.717, 1.165) is 17.0 Å². The molecule has 2 rings (SSSR count). The monoisotopic (exact) mass is 269 g/mol. The summed E-state index contributed by atoms with van der Waals surface area (Å²) in [5.41, 5.74) is -0.697. The average molecular weight is 269 g/mol. The molecule has 1 fully saturated rings. The first-order valence-corrected chi connectivity index (χ1v) is 5.72. The zero-order valence-corrected chi connectivity index (χ0v) is 10.7. The van der Waals surface area contributed by atoms with Gasteiger partial charge in [-0.2, -0.15) is 0 Å². The Hall–Kier alpha value is -1.98. The Morgan fingerprint density at radius 1 is 1.32 bits per heavy atom. The van der Waals surface area contributed by atoms with Crippen molar-refractivity contribution in [3.05, 3.63) is 35.4 Å². The molecule has 1 aliphatic heterocycles. The largest absolute Gasteiger partial charge is 0.440 e. The molecule has 1 atom stereocenters. The van der Waals surface area contributed by atoms with Gasteiger partial charge < -0.3 is 4.74 Å². The Morgan fingerprint density at radius 2 is 1.95 bits per heavy atom. The number of ether oxygens (including phenoxy) is 1. The minimum atomic E-state index is -1.03. The Bertz CT molecular complexity index is 557. The maximum Gasteiger partial charge on any atom is 0.417 e. The number of hydrogen-bond acceptors (Lipinski definition) is 3. The molecule has 4 nitrogen and oxygen atoms in total. The number of carbonyl (C=O) groups is 2. The van der Waals surface area contributed by atoms with Crippen molar-refractivity contribution in [3.8, 4) is 0 Å². The topological polar surface area (TPSA) is 46.6 Å². The van der Waals surface area contributed by atoms with E-state index < -0.39 is 35.3 Å². The molecule has 102 valence electrons. The summed E-state index contributed by atoms with van der Waals surface area (Å²) in [6.45, 7) is 4.44. The third-order valence-electron chi connectivity index (χ3n) is 3.06. The van der Waals surface area contributed by atoms with Crippen LogP contribution in [0.3, 0.4) is 0 Å². The van der Waals surface area contributed by atoms with Gasteiger partial charge in [0.2, 0.25) is 5.91 Å². The number of imide groups is 1. The van der Waals surface area contributed by atoms with Crippen molar-refractivity contribution in [2.75, 3.05) is 0 Å². The molecule has 0 saturated carbocycles. The Balaban J connectivity index is 2.52. The van der Waals surface area contributed by atoms with Crippen LogP contribution < -0.4 is 0 Å². The highest BCUT2D eigenvalue weighted by Gasteiger charge is 2.50. The quantitative estimate of drug-likeness (QED) is 0.787. The number of hydrogen-bond donors (Lipinski definition) is 0. The molecule has 1 aromatic carbocycles. The van der Waals surface area contributed by atoms with Crippen LogP contribution in [0.2, 0.25) is 0 Å². The van der Waals surface area contributed by atoms with Gasteiger partial charge in [0.25, 0.3) is 0 Å². The first-order chi connectivity index (χ1) is 8.74. The maximum absolute atomic E-state index is 13.3. The fourth-order valence-electron chi connectivity index (χ4n) is 2.29. The first kappa shape index (κ1) is 13.5. The van der Waals surface area contributed by atoms with Gasteiger partial charge in [-0.1, -0.05) is 6.07 Å². The van der Waals surface area contributed by atoms with E-state index in [1.54, 1.807) is 13.8 Å². The van der Waals surface area contributed by atoms with Gasteiger partial charge in [-0.25, -0.2) is 18.5 Å². The standard InChI is InChI=1S/C13H13F2NO3/c1-7(17)16-11(13(2,3)19-12(16)18)8-4-5-9(14)10(15)6-8/h4-6,11H,1-3H3. The molecule has 1 aromatic rings.